The van der Waals surface area contributed by atoms with E-state index in [1.807, 2.05) is 71.5 Å². The van der Waals surface area contributed by atoms with Crippen LogP contribution < -0.4 is 0 Å². The Labute approximate surface area is 140 Å². The van der Waals surface area contributed by atoms with Gasteiger partial charge < -0.3 is 5.11 Å². The lowest BCUT2D eigenvalue weighted by Crippen LogP contribution is -2.01. The van der Waals surface area contributed by atoms with E-state index in [0.29, 0.717) is 6.42 Å². The normalized spacial score (nSPS) is 12.4. The summed E-state index contributed by atoms with van der Waals surface area (Å²) in [5.74, 6) is 0. The quantitative estimate of drug-likeness (QED) is 0.610. The third kappa shape index (κ3) is 2.82. The summed E-state index contributed by atoms with van der Waals surface area (Å²) < 4.78 is 1.94. The molecule has 1 N–H and O–H groups in total. The molecule has 3 aromatic carbocycles. The third-order valence-electron chi connectivity index (χ3n) is 4.25. The fourth-order valence-electron chi connectivity index (χ4n) is 3.00. The van der Waals surface area contributed by atoms with Crippen molar-refractivity contribution in [2.24, 2.45) is 0 Å². The number of hydrogen-bond donors (Lipinski definition) is 1. The number of hydrogen-bond acceptors (Lipinski definition) is 2. The van der Waals surface area contributed by atoms with Crippen LogP contribution in [0.2, 0.25) is 0 Å². The van der Waals surface area contributed by atoms with Gasteiger partial charge in [0.1, 0.15) is 0 Å². The molecule has 1 heterocycles. The summed E-state index contributed by atoms with van der Waals surface area (Å²) in [4.78, 5) is 0. The Hall–Kier alpha value is -2.91. The van der Waals surface area contributed by atoms with Crippen molar-refractivity contribution in [2.45, 2.75) is 12.5 Å². The molecule has 0 fully saturated rings. The topological polar surface area (TPSA) is 38.1 Å². The van der Waals surface area contributed by atoms with E-state index in [0.717, 1.165) is 27.7 Å². The van der Waals surface area contributed by atoms with Gasteiger partial charge in [-0.15, -0.1) is 0 Å². The van der Waals surface area contributed by atoms with Gasteiger partial charge in [0, 0.05) is 11.8 Å². The summed E-state index contributed by atoms with van der Waals surface area (Å²) in [5, 5.41) is 16.0. The summed E-state index contributed by atoms with van der Waals surface area (Å²) in [7, 11) is 0. The van der Waals surface area contributed by atoms with Crippen LogP contribution in [0.5, 0.6) is 0 Å². The fraction of sp³-hybridized carbons (Fsp3) is 0.0952. The van der Waals surface area contributed by atoms with E-state index in [1.165, 1.54) is 0 Å². The molecule has 4 rings (SSSR count). The fourth-order valence-corrected chi connectivity index (χ4v) is 3.00. The summed E-state index contributed by atoms with van der Waals surface area (Å²) in [5.41, 5.74) is 4.16. The van der Waals surface area contributed by atoms with E-state index in [4.69, 9.17) is 0 Å². The molecule has 0 aliphatic carbocycles. The number of benzene rings is 3. The Bertz CT molecular complexity index is 945. The van der Waals surface area contributed by atoms with Crippen LogP contribution in [-0.4, -0.2) is 14.9 Å². The van der Waals surface area contributed by atoms with Crippen molar-refractivity contribution in [3.05, 3.63) is 96.2 Å². The number of aromatic nitrogens is 2. The van der Waals surface area contributed by atoms with Gasteiger partial charge in [0.15, 0.2) is 0 Å². The SMILES string of the molecule is OC(Cc1ccc2c(cnn2-c2ccccc2)c1)c1ccccc1. The summed E-state index contributed by atoms with van der Waals surface area (Å²) in [6, 6.07) is 26.1. The standard InChI is InChI=1S/C21H18N2O/c24-21(17-7-3-1-4-8-17)14-16-11-12-20-18(13-16)15-22-23(20)19-9-5-2-6-10-19/h1-13,15,21,24H,14H2. The lowest BCUT2D eigenvalue weighted by Gasteiger charge is -2.11. The Balaban J connectivity index is 1.63. The van der Waals surface area contributed by atoms with Crippen LogP contribution in [0.1, 0.15) is 17.2 Å². The molecule has 0 saturated carbocycles. The van der Waals surface area contributed by atoms with Crippen LogP contribution >= 0.6 is 0 Å². The van der Waals surface area contributed by atoms with E-state index in [9.17, 15) is 5.11 Å². The van der Waals surface area contributed by atoms with Gasteiger partial charge in [-0.25, -0.2) is 4.68 Å². The smallest absolute Gasteiger partial charge is 0.0830 e. The lowest BCUT2D eigenvalue weighted by molar-refractivity contribution is 0.178. The van der Waals surface area contributed by atoms with Gasteiger partial charge in [0.05, 0.1) is 23.5 Å². The second-order valence-corrected chi connectivity index (χ2v) is 5.92. The van der Waals surface area contributed by atoms with E-state index in [-0.39, 0.29) is 0 Å². The maximum Gasteiger partial charge on any atom is 0.0830 e. The molecule has 3 heteroatoms. The number of nitrogens with zero attached hydrogens (tertiary/aromatic N) is 2. The molecular weight excluding hydrogens is 296 g/mol. The second kappa shape index (κ2) is 6.30. The van der Waals surface area contributed by atoms with E-state index in [1.54, 1.807) is 0 Å². The minimum Gasteiger partial charge on any atom is -0.388 e. The highest BCUT2D eigenvalue weighted by Gasteiger charge is 2.10. The molecule has 0 radical (unpaired) electrons. The molecule has 0 aliphatic heterocycles. The first kappa shape index (κ1) is 14.7. The minimum absolute atomic E-state index is 0.493. The lowest BCUT2D eigenvalue weighted by atomic mass is 10.0. The predicted octanol–water partition coefficient (Wildman–Crippen LogP) is 4.30. The Morgan fingerprint density at radius 3 is 2.33 bits per heavy atom. The Morgan fingerprint density at radius 1 is 0.875 bits per heavy atom. The largest absolute Gasteiger partial charge is 0.388 e. The van der Waals surface area contributed by atoms with E-state index < -0.39 is 6.10 Å². The number of para-hydroxylation sites is 1. The third-order valence-corrected chi connectivity index (χ3v) is 4.25. The van der Waals surface area contributed by atoms with Crippen molar-refractivity contribution >= 4 is 10.9 Å². The number of aliphatic hydroxyl groups is 1. The Kier molecular flexibility index (Phi) is 3.85. The van der Waals surface area contributed by atoms with Crippen LogP contribution in [0.4, 0.5) is 0 Å². The van der Waals surface area contributed by atoms with Crippen LogP contribution in [0.3, 0.4) is 0 Å². The molecule has 4 aromatic rings. The first-order valence-electron chi connectivity index (χ1n) is 8.06. The van der Waals surface area contributed by atoms with Crippen LogP contribution in [-0.2, 0) is 6.42 Å². The van der Waals surface area contributed by atoms with E-state index in [2.05, 4.69) is 23.3 Å². The molecule has 0 aliphatic rings. The van der Waals surface area contributed by atoms with Crippen molar-refractivity contribution in [1.82, 2.24) is 9.78 Å². The van der Waals surface area contributed by atoms with Gasteiger partial charge in [-0.3, -0.25) is 0 Å². The molecule has 1 aromatic heterocycles. The van der Waals surface area contributed by atoms with Crippen molar-refractivity contribution in [3.8, 4) is 5.69 Å². The molecule has 1 unspecified atom stereocenters. The van der Waals surface area contributed by atoms with Crippen molar-refractivity contribution in [1.29, 1.82) is 0 Å². The highest BCUT2D eigenvalue weighted by Crippen LogP contribution is 2.23. The van der Waals surface area contributed by atoms with Gasteiger partial charge in [0.2, 0.25) is 0 Å². The zero-order chi connectivity index (χ0) is 16.4. The van der Waals surface area contributed by atoms with Gasteiger partial charge in [-0.05, 0) is 35.4 Å². The zero-order valence-corrected chi connectivity index (χ0v) is 13.2. The van der Waals surface area contributed by atoms with Gasteiger partial charge in [-0.2, -0.15) is 5.10 Å². The van der Waals surface area contributed by atoms with Gasteiger partial charge in [-0.1, -0.05) is 54.6 Å². The molecule has 24 heavy (non-hydrogen) atoms. The van der Waals surface area contributed by atoms with Crippen LogP contribution in [0.15, 0.2) is 85.1 Å². The van der Waals surface area contributed by atoms with Crippen LogP contribution in [0, 0.1) is 0 Å². The molecule has 118 valence electrons. The molecule has 1 atom stereocenters. The van der Waals surface area contributed by atoms with Crippen LogP contribution in [0.25, 0.3) is 16.6 Å². The molecule has 3 nitrogen and oxygen atoms in total. The second-order valence-electron chi connectivity index (χ2n) is 5.92. The average Bonchev–Trinajstić information content (AvgIpc) is 3.06. The first-order valence-corrected chi connectivity index (χ1v) is 8.06. The highest BCUT2D eigenvalue weighted by molar-refractivity contribution is 5.81. The maximum atomic E-state index is 10.4. The molecular formula is C21H18N2O. The first-order chi connectivity index (χ1) is 11.8. The monoisotopic (exact) mass is 314 g/mol. The average molecular weight is 314 g/mol. The maximum absolute atomic E-state index is 10.4. The zero-order valence-electron chi connectivity index (χ0n) is 13.2. The number of aliphatic hydroxyl groups excluding tert-OH is 1. The van der Waals surface area contributed by atoms with Gasteiger partial charge in [0.25, 0.3) is 0 Å². The summed E-state index contributed by atoms with van der Waals surface area (Å²) in [6.45, 7) is 0. The molecule has 0 amide bonds. The number of rotatable bonds is 4. The summed E-state index contributed by atoms with van der Waals surface area (Å²) in [6.07, 6.45) is 1.98. The minimum atomic E-state index is -0.493. The number of fused-ring (bicyclic) bond motifs is 1. The van der Waals surface area contributed by atoms with Crippen molar-refractivity contribution in [2.75, 3.05) is 0 Å². The Morgan fingerprint density at radius 2 is 1.58 bits per heavy atom. The van der Waals surface area contributed by atoms with Crippen molar-refractivity contribution in [3.63, 3.8) is 0 Å². The molecule has 0 saturated heterocycles. The van der Waals surface area contributed by atoms with Gasteiger partial charge >= 0.3 is 0 Å². The molecule has 0 spiro atoms. The van der Waals surface area contributed by atoms with Crippen molar-refractivity contribution < 1.29 is 5.11 Å². The highest BCUT2D eigenvalue weighted by atomic mass is 16.3. The predicted molar refractivity (Wildman–Crippen MR) is 96.2 cm³/mol. The van der Waals surface area contributed by atoms with E-state index >= 15 is 0 Å². The molecule has 0 bridgehead atoms. The summed E-state index contributed by atoms with van der Waals surface area (Å²) >= 11 is 0.